The summed E-state index contributed by atoms with van der Waals surface area (Å²) >= 11 is 0. The zero-order valence-electron chi connectivity index (χ0n) is 8.92. The van der Waals surface area contributed by atoms with Crippen LogP contribution in [0.25, 0.3) is 5.69 Å². The van der Waals surface area contributed by atoms with E-state index >= 15 is 0 Å². The molecule has 0 aliphatic carbocycles. The molecule has 1 aromatic heterocycles. The Morgan fingerprint density at radius 3 is 2.69 bits per heavy atom. The summed E-state index contributed by atoms with van der Waals surface area (Å²) in [6.07, 6.45) is 1.64. The van der Waals surface area contributed by atoms with Gasteiger partial charge in [-0.05, 0) is 19.1 Å². The molecule has 0 aliphatic heterocycles. The van der Waals surface area contributed by atoms with Gasteiger partial charge in [0.1, 0.15) is 6.33 Å². The van der Waals surface area contributed by atoms with Crippen LogP contribution in [-0.4, -0.2) is 20.7 Å². The Kier molecular flexibility index (Phi) is 2.68. The Bertz CT molecular complexity index is 501. The van der Waals surface area contributed by atoms with Crippen molar-refractivity contribution in [1.82, 2.24) is 14.8 Å². The molecule has 5 nitrogen and oxygen atoms in total. The summed E-state index contributed by atoms with van der Waals surface area (Å²) in [5, 5.41) is 4.16. The van der Waals surface area contributed by atoms with Gasteiger partial charge in [0.25, 0.3) is 0 Å². The van der Waals surface area contributed by atoms with Crippen LogP contribution in [0.5, 0.6) is 0 Å². The van der Waals surface area contributed by atoms with Gasteiger partial charge in [-0.15, -0.1) is 0 Å². The van der Waals surface area contributed by atoms with Crippen LogP contribution in [0.2, 0.25) is 0 Å². The monoisotopic (exact) mass is 216 g/mol. The number of rotatable bonds is 3. The minimum absolute atomic E-state index is 0.0683. The Morgan fingerprint density at radius 2 is 2.06 bits per heavy atom. The zero-order chi connectivity index (χ0) is 11.5. The SMILES string of the molecule is Cc1ccc(-n2cnc(CC(N)=O)n2)cc1. The van der Waals surface area contributed by atoms with Gasteiger partial charge < -0.3 is 5.73 Å². The van der Waals surface area contributed by atoms with Crippen molar-refractivity contribution in [3.8, 4) is 5.69 Å². The molecule has 0 saturated carbocycles. The van der Waals surface area contributed by atoms with Crippen LogP contribution in [0.15, 0.2) is 30.6 Å². The molecule has 0 saturated heterocycles. The van der Waals surface area contributed by atoms with E-state index in [1.165, 1.54) is 5.56 Å². The summed E-state index contributed by atoms with van der Waals surface area (Å²) in [4.78, 5) is 14.7. The Labute approximate surface area is 92.9 Å². The largest absolute Gasteiger partial charge is 0.369 e. The predicted molar refractivity (Wildman–Crippen MR) is 59.0 cm³/mol. The lowest BCUT2D eigenvalue weighted by Crippen LogP contribution is -2.14. The van der Waals surface area contributed by atoms with E-state index < -0.39 is 5.91 Å². The third-order valence-corrected chi connectivity index (χ3v) is 2.17. The number of amides is 1. The summed E-state index contributed by atoms with van der Waals surface area (Å²) in [6, 6.07) is 7.87. The maximum Gasteiger partial charge on any atom is 0.225 e. The van der Waals surface area contributed by atoms with Crippen LogP contribution in [0.1, 0.15) is 11.4 Å². The van der Waals surface area contributed by atoms with E-state index in [4.69, 9.17) is 5.73 Å². The van der Waals surface area contributed by atoms with Gasteiger partial charge in [0.15, 0.2) is 5.82 Å². The number of nitrogens with two attached hydrogens (primary N) is 1. The van der Waals surface area contributed by atoms with Crippen LogP contribution < -0.4 is 5.73 Å². The van der Waals surface area contributed by atoms with Gasteiger partial charge in [0, 0.05) is 0 Å². The number of nitrogens with zero attached hydrogens (tertiary/aromatic N) is 3. The summed E-state index contributed by atoms with van der Waals surface area (Å²) in [7, 11) is 0. The van der Waals surface area contributed by atoms with Gasteiger partial charge in [0.2, 0.25) is 5.91 Å². The van der Waals surface area contributed by atoms with Gasteiger partial charge in [-0.3, -0.25) is 4.79 Å². The molecule has 1 amide bonds. The number of aromatic nitrogens is 3. The molecule has 2 rings (SSSR count). The van der Waals surface area contributed by atoms with Crippen molar-refractivity contribution >= 4 is 5.91 Å². The number of carbonyl (C=O) groups excluding carboxylic acids is 1. The Morgan fingerprint density at radius 1 is 1.38 bits per heavy atom. The normalized spacial score (nSPS) is 10.3. The molecule has 0 spiro atoms. The van der Waals surface area contributed by atoms with Crippen molar-refractivity contribution < 1.29 is 4.79 Å². The molecule has 2 N–H and O–H groups in total. The first kappa shape index (κ1) is 10.4. The molecule has 0 bridgehead atoms. The maximum absolute atomic E-state index is 10.7. The fraction of sp³-hybridized carbons (Fsp3) is 0.182. The highest BCUT2D eigenvalue weighted by atomic mass is 16.1. The first-order valence-electron chi connectivity index (χ1n) is 4.91. The molecule has 0 aliphatic rings. The predicted octanol–water partition coefficient (Wildman–Crippen LogP) is 0.604. The van der Waals surface area contributed by atoms with Crippen molar-refractivity contribution in [3.63, 3.8) is 0 Å². The van der Waals surface area contributed by atoms with E-state index in [0.29, 0.717) is 5.82 Å². The lowest BCUT2D eigenvalue weighted by Gasteiger charge is -1.99. The second-order valence-corrected chi connectivity index (χ2v) is 3.58. The quantitative estimate of drug-likeness (QED) is 0.816. The van der Waals surface area contributed by atoms with Gasteiger partial charge in [0.05, 0.1) is 12.1 Å². The molecule has 1 aromatic carbocycles. The highest BCUT2D eigenvalue weighted by Gasteiger charge is 2.05. The van der Waals surface area contributed by atoms with Crippen molar-refractivity contribution in [2.75, 3.05) is 0 Å². The van der Waals surface area contributed by atoms with E-state index in [9.17, 15) is 4.79 Å². The average Bonchev–Trinajstić information content (AvgIpc) is 2.66. The molecule has 0 radical (unpaired) electrons. The Hall–Kier alpha value is -2.17. The van der Waals surface area contributed by atoms with Crippen LogP contribution in [-0.2, 0) is 11.2 Å². The lowest BCUT2D eigenvalue weighted by atomic mass is 10.2. The minimum atomic E-state index is -0.429. The Balaban J connectivity index is 2.24. The van der Waals surface area contributed by atoms with Gasteiger partial charge in [-0.25, -0.2) is 9.67 Å². The molecule has 0 unspecified atom stereocenters. The standard InChI is InChI=1S/C11H12N4O/c1-8-2-4-9(5-3-8)15-7-13-11(14-15)6-10(12)16/h2-5,7H,6H2,1H3,(H2,12,16). The van der Waals surface area contributed by atoms with Crippen molar-refractivity contribution in [3.05, 3.63) is 42.0 Å². The minimum Gasteiger partial charge on any atom is -0.369 e. The van der Waals surface area contributed by atoms with Crippen molar-refractivity contribution in [2.45, 2.75) is 13.3 Å². The summed E-state index contributed by atoms with van der Waals surface area (Å²) in [5.74, 6) is 0.00901. The molecular formula is C11H12N4O. The van der Waals surface area contributed by atoms with Gasteiger partial charge in [-0.2, -0.15) is 5.10 Å². The number of hydrogen-bond donors (Lipinski definition) is 1. The van der Waals surface area contributed by atoms with E-state index in [2.05, 4.69) is 10.1 Å². The smallest absolute Gasteiger partial charge is 0.225 e. The number of hydrogen-bond acceptors (Lipinski definition) is 3. The fourth-order valence-corrected chi connectivity index (χ4v) is 1.36. The van der Waals surface area contributed by atoms with E-state index in [0.717, 1.165) is 5.69 Å². The van der Waals surface area contributed by atoms with E-state index in [1.54, 1.807) is 11.0 Å². The maximum atomic E-state index is 10.7. The van der Waals surface area contributed by atoms with Gasteiger partial charge >= 0.3 is 0 Å². The topological polar surface area (TPSA) is 73.8 Å². The lowest BCUT2D eigenvalue weighted by molar-refractivity contribution is -0.117. The second-order valence-electron chi connectivity index (χ2n) is 3.58. The number of aryl methyl sites for hydroxylation is 1. The van der Waals surface area contributed by atoms with Crippen LogP contribution >= 0.6 is 0 Å². The number of carbonyl (C=O) groups is 1. The third kappa shape index (κ3) is 2.25. The highest BCUT2D eigenvalue weighted by molar-refractivity contribution is 5.75. The summed E-state index contributed by atoms with van der Waals surface area (Å²) in [5.41, 5.74) is 7.16. The fourth-order valence-electron chi connectivity index (χ4n) is 1.36. The molecule has 5 heteroatoms. The second kappa shape index (κ2) is 4.14. The first-order chi connectivity index (χ1) is 7.65. The van der Waals surface area contributed by atoms with Crippen LogP contribution in [0.3, 0.4) is 0 Å². The summed E-state index contributed by atoms with van der Waals surface area (Å²) in [6.45, 7) is 2.02. The molecule has 0 fully saturated rings. The molecular weight excluding hydrogens is 204 g/mol. The first-order valence-corrected chi connectivity index (χ1v) is 4.91. The molecule has 1 heterocycles. The van der Waals surface area contributed by atoms with Crippen LogP contribution in [0, 0.1) is 6.92 Å². The number of primary amides is 1. The van der Waals surface area contributed by atoms with Crippen molar-refractivity contribution in [2.24, 2.45) is 5.73 Å². The molecule has 2 aromatic rings. The molecule has 82 valence electrons. The van der Waals surface area contributed by atoms with Gasteiger partial charge in [-0.1, -0.05) is 17.7 Å². The highest BCUT2D eigenvalue weighted by Crippen LogP contribution is 2.07. The molecule has 0 atom stereocenters. The van der Waals surface area contributed by atoms with Crippen LogP contribution in [0.4, 0.5) is 0 Å². The molecule has 16 heavy (non-hydrogen) atoms. The average molecular weight is 216 g/mol. The summed E-state index contributed by atoms with van der Waals surface area (Å²) < 4.78 is 1.62. The van der Waals surface area contributed by atoms with E-state index in [1.807, 2.05) is 31.2 Å². The third-order valence-electron chi connectivity index (χ3n) is 2.17. The zero-order valence-corrected chi connectivity index (χ0v) is 8.92. The van der Waals surface area contributed by atoms with Crippen molar-refractivity contribution in [1.29, 1.82) is 0 Å². The number of benzene rings is 1. The van der Waals surface area contributed by atoms with E-state index in [-0.39, 0.29) is 6.42 Å².